The van der Waals surface area contributed by atoms with E-state index in [1.54, 1.807) is 13.3 Å². The first-order valence-corrected chi connectivity index (χ1v) is 9.59. The summed E-state index contributed by atoms with van der Waals surface area (Å²) in [5.41, 5.74) is 3.21. The summed E-state index contributed by atoms with van der Waals surface area (Å²) in [6, 6.07) is 9.70. The zero-order chi connectivity index (χ0) is 18.8. The lowest BCUT2D eigenvalue weighted by Crippen LogP contribution is -2.20. The maximum Gasteiger partial charge on any atom is 0.273 e. The molecule has 0 atom stereocenters. The van der Waals surface area contributed by atoms with Crippen molar-refractivity contribution < 1.29 is 9.53 Å². The van der Waals surface area contributed by atoms with Crippen molar-refractivity contribution in [2.75, 3.05) is 13.7 Å². The monoisotopic (exact) mass is 397 g/mol. The molecule has 3 heterocycles. The van der Waals surface area contributed by atoms with Gasteiger partial charge in [-0.15, -0.1) is 16.4 Å². The van der Waals surface area contributed by atoms with Gasteiger partial charge in [-0.1, -0.05) is 29.8 Å². The molecule has 2 aromatic heterocycles. The molecule has 1 amide bonds. The Bertz CT molecular complexity index is 1070. The van der Waals surface area contributed by atoms with Crippen LogP contribution in [0.15, 0.2) is 54.3 Å². The Morgan fingerprint density at radius 3 is 2.81 bits per heavy atom. The Morgan fingerprint density at radius 2 is 2.11 bits per heavy atom. The standard InChI is InChI=1S/C20H16ClN3O2S/c1-22-20(25)18-19-15(10-17(27-19)13-4-6-14(21)7-5-13)16(23-24-18)9-12-3-2-8-26-11-12/h2-7,10-11H,8-9H2,1H3,(H,22,25). The van der Waals surface area contributed by atoms with Gasteiger partial charge in [-0.25, -0.2) is 0 Å². The molecule has 0 spiro atoms. The van der Waals surface area contributed by atoms with Gasteiger partial charge in [-0.05, 0) is 35.4 Å². The molecule has 4 rings (SSSR count). The number of benzene rings is 1. The minimum Gasteiger partial charge on any atom is -0.497 e. The topological polar surface area (TPSA) is 64.1 Å². The zero-order valence-corrected chi connectivity index (χ0v) is 16.1. The highest BCUT2D eigenvalue weighted by atomic mass is 35.5. The predicted octanol–water partition coefficient (Wildman–Crippen LogP) is 4.38. The second-order valence-corrected chi connectivity index (χ2v) is 7.53. The first kappa shape index (κ1) is 17.7. The summed E-state index contributed by atoms with van der Waals surface area (Å²) in [6.45, 7) is 0.583. The number of rotatable bonds is 4. The lowest BCUT2D eigenvalue weighted by molar-refractivity contribution is 0.0959. The number of amides is 1. The summed E-state index contributed by atoms with van der Waals surface area (Å²) >= 11 is 7.53. The number of thiophene rings is 1. The lowest BCUT2D eigenvalue weighted by atomic mass is 10.1. The van der Waals surface area contributed by atoms with Crippen LogP contribution in [0, 0.1) is 0 Å². The first-order valence-electron chi connectivity index (χ1n) is 8.40. The van der Waals surface area contributed by atoms with Gasteiger partial charge in [-0.3, -0.25) is 4.79 Å². The molecule has 1 aliphatic rings. The molecule has 0 saturated carbocycles. The van der Waals surface area contributed by atoms with E-state index in [0.717, 1.165) is 31.8 Å². The predicted molar refractivity (Wildman–Crippen MR) is 108 cm³/mol. The molecular weight excluding hydrogens is 382 g/mol. The SMILES string of the molecule is CNC(=O)c1nnc(CC2=COCC=C2)c2cc(-c3ccc(Cl)cc3)sc12. The Labute approximate surface area is 165 Å². The van der Waals surface area contributed by atoms with Gasteiger partial charge in [0.2, 0.25) is 0 Å². The number of fused-ring (bicyclic) bond motifs is 1. The zero-order valence-electron chi connectivity index (χ0n) is 14.5. The molecule has 136 valence electrons. The van der Waals surface area contributed by atoms with E-state index in [2.05, 4.69) is 21.6 Å². The van der Waals surface area contributed by atoms with Crippen molar-refractivity contribution in [3.05, 3.63) is 70.7 Å². The van der Waals surface area contributed by atoms with Gasteiger partial charge < -0.3 is 10.1 Å². The first-order chi connectivity index (χ1) is 13.2. The molecular formula is C20H16ClN3O2S. The number of hydrogen-bond donors (Lipinski definition) is 1. The van der Waals surface area contributed by atoms with Crippen molar-refractivity contribution in [1.82, 2.24) is 15.5 Å². The van der Waals surface area contributed by atoms with E-state index in [0.29, 0.717) is 23.7 Å². The van der Waals surface area contributed by atoms with E-state index in [1.807, 2.05) is 36.4 Å². The Kier molecular flexibility index (Phi) is 4.92. The van der Waals surface area contributed by atoms with Crippen LogP contribution in [0.2, 0.25) is 5.02 Å². The van der Waals surface area contributed by atoms with E-state index in [1.165, 1.54) is 11.3 Å². The molecule has 0 unspecified atom stereocenters. The van der Waals surface area contributed by atoms with Crippen molar-refractivity contribution >= 4 is 38.9 Å². The molecule has 3 aromatic rings. The molecule has 0 saturated heterocycles. The van der Waals surface area contributed by atoms with Gasteiger partial charge in [0.1, 0.15) is 6.61 Å². The van der Waals surface area contributed by atoms with E-state index in [9.17, 15) is 4.79 Å². The number of hydrogen-bond acceptors (Lipinski definition) is 5. The van der Waals surface area contributed by atoms with Gasteiger partial charge in [-0.2, -0.15) is 5.10 Å². The van der Waals surface area contributed by atoms with Crippen LogP contribution in [0.4, 0.5) is 0 Å². The van der Waals surface area contributed by atoms with Crippen molar-refractivity contribution in [1.29, 1.82) is 0 Å². The van der Waals surface area contributed by atoms with Gasteiger partial charge >= 0.3 is 0 Å². The number of nitrogens with one attached hydrogen (secondary N) is 1. The quantitative estimate of drug-likeness (QED) is 0.709. The second kappa shape index (κ2) is 7.50. The van der Waals surface area contributed by atoms with Gasteiger partial charge in [0.15, 0.2) is 5.69 Å². The number of nitrogens with zero attached hydrogens (tertiary/aromatic N) is 2. The number of aromatic nitrogens is 2. The highest BCUT2D eigenvalue weighted by molar-refractivity contribution is 7.22. The Morgan fingerprint density at radius 1 is 1.30 bits per heavy atom. The molecule has 5 nitrogen and oxygen atoms in total. The molecule has 0 radical (unpaired) electrons. The van der Waals surface area contributed by atoms with Crippen LogP contribution in [0.25, 0.3) is 20.5 Å². The van der Waals surface area contributed by atoms with Gasteiger partial charge in [0.05, 0.1) is 16.7 Å². The van der Waals surface area contributed by atoms with E-state index in [-0.39, 0.29) is 5.91 Å². The van der Waals surface area contributed by atoms with Crippen molar-refractivity contribution in [2.45, 2.75) is 6.42 Å². The van der Waals surface area contributed by atoms with Crippen LogP contribution in [0.5, 0.6) is 0 Å². The molecule has 0 bridgehead atoms. The summed E-state index contributed by atoms with van der Waals surface area (Å²) in [5, 5.41) is 12.8. The maximum absolute atomic E-state index is 12.3. The molecule has 0 aliphatic carbocycles. The Hall–Kier alpha value is -2.70. The molecule has 27 heavy (non-hydrogen) atoms. The fraction of sp³-hybridized carbons (Fsp3) is 0.150. The second-order valence-electron chi connectivity index (χ2n) is 6.04. The normalized spacial score (nSPS) is 13.3. The van der Waals surface area contributed by atoms with Crippen LogP contribution in [-0.2, 0) is 11.2 Å². The summed E-state index contributed by atoms with van der Waals surface area (Å²) in [5.74, 6) is -0.247. The van der Waals surface area contributed by atoms with Crippen LogP contribution in [0.3, 0.4) is 0 Å². The number of ether oxygens (including phenoxy) is 1. The summed E-state index contributed by atoms with van der Waals surface area (Å²) in [4.78, 5) is 13.3. The van der Waals surface area contributed by atoms with Crippen LogP contribution in [0.1, 0.15) is 16.2 Å². The number of allylic oxidation sites excluding steroid dienone is 2. The molecule has 1 N–H and O–H groups in total. The number of halogens is 1. The fourth-order valence-corrected chi connectivity index (χ4v) is 4.18. The third kappa shape index (κ3) is 3.59. The summed E-state index contributed by atoms with van der Waals surface area (Å²) in [6.07, 6.45) is 6.32. The number of carbonyl (C=O) groups excluding carboxylic acids is 1. The molecule has 0 fully saturated rings. The van der Waals surface area contributed by atoms with E-state index < -0.39 is 0 Å². The highest BCUT2D eigenvalue weighted by Crippen LogP contribution is 2.37. The van der Waals surface area contributed by atoms with Crippen molar-refractivity contribution in [3.63, 3.8) is 0 Å². The van der Waals surface area contributed by atoms with E-state index >= 15 is 0 Å². The van der Waals surface area contributed by atoms with Crippen molar-refractivity contribution in [2.24, 2.45) is 0 Å². The number of carbonyl (C=O) groups is 1. The molecule has 1 aromatic carbocycles. The van der Waals surface area contributed by atoms with Gasteiger partial charge in [0, 0.05) is 28.8 Å². The fourth-order valence-electron chi connectivity index (χ4n) is 2.89. The Balaban J connectivity index is 1.84. The average Bonchev–Trinajstić information content (AvgIpc) is 3.15. The highest BCUT2D eigenvalue weighted by Gasteiger charge is 2.19. The van der Waals surface area contributed by atoms with Gasteiger partial charge in [0.25, 0.3) is 5.91 Å². The van der Waals surface area contributed by atoms with Crippen LogP contribution >= 0.6 is 22.9 Å². The minimum atomic E-state index is -0.247. The molecule has 1 aliphatic heterocycles. The van der Waals surface area contributed by atoms with Crippen LogP contribution in [-0.4, -0.2) is 29.8 Å². The lowest BCUT2D eigenvalue weighted by Gasteiger charge is -2.09. The minimum absolute atomic E-state index is 0.247. The van der Waals surface area contributed by atoms with E-state index in [4.69, 9.17) is 16.3 Å². The summed E-state index contributed by atoms with van der Waals surface area (Å²) < 4.78 is 6.19. The largest absolute Gasteiger partial charge is 0.497 e. The molecule has 7 heteroatoms. The third-order valence-corrected chi connectivity index (χ3v) is 5.67. The summed E-state index contributed by atoms with van der Waals surface area (Å²) in [7, 11) is 1.59. The smallest absolute Gasteiger partial charge is 0.273 e. The maximum atomic E-state index is 12.3. The average molecular weight is 398 g/mol. The van der Waals surface area contributed by atoms with Crippen molar-refractivity contribution in [3.8, 4) is 10.4 Å². The third-order valence-electron chi connectivity index (χ3n) is 4.23. The van der Waals surface area contributed by atoms with Crippen LogP contribution < -0.4 is 5.32 Å².